The minimum absolute atomic E-state index is 0.0190. The van der Waals surface area contributed by atoms with Crippen molar-refractivity contribution in [3.63, 3.8) is 0 Å². The normalized spacial score (nSPS) is 29.0. The summed E-state index contributed by atoms with van der Waals surface area (Å²) in [5.41, 5.74) is 5.73. The summed E-state index contributed by atoms with van der Waals surface area (Å²) in [5, 5.41) is 9.64. The Balaban J connectivity index is 1.52. The maximum absolute atomic E-state index is 14.0. The van der Waals surface area contributed by atoms with Crippen LogP contribution in [0, 0.1) is 40.4 Å². The molecule has 0 aromatic rings. The van der Waals surface area contributed by atoms with Crippen LogP contribution in [-0.2, 0) is 14.4 Å². The largest absolute Gasteiger partial charge is 0.363 e. The zero-order valence-electron chi connectivity index (χ0n) is 26.6. The van der Waals surface area contributed by atoms with Gasteiger partial charge in [0.05, 0.1) is 12.1 Å². The Morgan fingerprint density at radius 3 is 2.24 bits per heavy atom. The molecule has 5 N–H and O–H groups in total. The third-order valence-electron chi connectivity index (χ3n) is 10.9. The van der Waals surface area contributed by atoms with Gasteiger partial charge in [-0.15, -0.1) is 0 Å². The fourth-order valence-electron chi connectivity index (χ4n) is 8.16. The van der Waals surface area contributed by atoms with Crippen molar-refractivity contribution in [2.75, 3.05) is 12.0 Å². The first-order valence-corrected chi connectivity index (χ1v) is 17.4. The summed E-state index contributed by atoms with van der Waals surface area (Å²) in [6.45, 7) is 15.2. The molecular weight excluding hydrogens is 548 g/mol. The van der Waals surface area contributed by atoms with Crippen molar-refractivity contribution in [3.8, 4) is 0 Å². The Morgan fingerprint density at radius 1 is 1.05 bits per heavy atom. The molecule has 236 valence electrons. The van der Waals surface area contributed by atoms with E-state index >= 15 is 0 Å². The maximum Gasteiger partial charge on any atom is 0.315 e. The van der Waals surface area contributed by atoms with Gasteiger partial charge in [0.1, 0.15) is 0 Å². The van der Waals surface area contributed by atoms with Crippen LogP contribution in [-0.4, -0.2) is 53.3 Å². The van der Waals surface area contributed by atoms with Gasteiger partial charge in [-0.1, -0.05) is 78.9 Å². The summed E-state index contributed by atoms with van der Waals surface area (Å²) in [6.07, 6.45) is 11.8. The molecule has 8 nitrogen and oxygen atoms in total. The van der Waals surface area contributed by atoms with Gasteiger partial charge in [-0.25, -0.2) is 4.79 Å². The second kappa shape index (κ2) is 12.5. The van der Waals surface area contributed by atoms with Crippen molar-refractivity contribution >= 4 is 35.4 Å². The highest BCUT2D eigenvalue weighted by Crippen LogP contribution is 2.71. The highest BCUT2D eigenvalue weighted by atomic mass is 32.2. The first-order valence-electron chi connectivity index (χ1n) is 16.0. The molecule has 0 saturated heterocycles. The number of carbonyl (C=O) groups is 4. The molecule has 0 spiro atoms. The number of carbonyl (C=O) groups excluding carboxylic acids is 4. The predicted octanol–water partition coefficient (Wildman–Crippen LogP) is 4.96. The minimum atomic E-state index is -1.01. The molecule has 0 heterocycles. The molecule has 4 rings (SSSR count). The Bertz CT molecular complexity index is 1070. The van der Waals surface area contributed by atoms with E-state index in [9.17, 15) is 19.2 Å². The van der Waals surface area contributed by atoms with Gasteiger partial charge in [0.15, 0.2) is 0 Å². The SMILES string of the molecule is C=C(C1CC2[C@@H]([C@H]1C(=O)NC(CC1CC1)C(=O)C(N)=O)C2(C)C)[C@@H](NC(=O)NC1(CCSC)CCCCC1)C(C)(C)C. The lowest BCUT2D eigenvalue weighted by Gasteiger charge is -2.41. The van der Waals surface area contributed by atoms with Crippen LogP contribution in [0.1, 0.15) is 98.8 Å². The highest BCUT2D eigenvalue weighted by molar-refractivity contribution is 7.98. The quantitative estimate of drug-likeness (QED) is 0.175. The molecule has 4 fully saturated rings. The number of hydrogen-bond donors (Lipinski definition) is 4. The fraction of sp³-hybridized carbons (Fsp3) is 0.818. The van der Waals surface area contributed by atoms with Gasteiger partial charge >= 0.3 is 6.03 Å². The Kier molecular flexibility index (Phi) is 9.81. The highest BCUT2D eigenvalue weighted by Gasteiger charge is 2.69. The van der Waals surface area contributed by atoms with Crippen molar-refractivity contribution in [1.29, 1.82) is 0 Å². The van der Waals surface area contributed by atoms with E-state index < -0.39 is 17.7 Å². The van der Waals surface area contributed by atoms with Gasteiger partial charge in [0.2, 0.25) is 11.7 Å². The molecule has 0 radical (unpaired) electrons. The summed E-state index contributed by atoms with van der Waals surface area (Å²) in [5.74, 6) is -0.555. The van der Waals surface area contributed by atoms with E-state index in [-0.39, 0.29) is 52.1 Å². The van der Waals surface area contributed by atoms with Crippen molar-refractivity contribution < 1.29 is 19.2 Å². The molecule has 0 aromatic heterocycles. The third-order valence-corrected chi connectivity index (χ3v) is 11.5. The van der Waals surface area contributed by atoms with Crippen molar-refractivity contribution in [2.45, 2.75) is 116 Å². The van der Waals surface area contributed by atoms with Crippen molar-refractivity contribution in [3.05, 3.63) is 12.2 Å². The molecule has 6 atom stereocenters. The van der Waals surface area contributed by atoms with Crippen LogP contribution < -0.4 is 21.7 Å². The standard InChI is InChI=1S/C33H54N4O4S/c1-19(27(31(2,3)4)36-30(41)37-33(15-16-42-7)13-9-8-10-14-33)21-18-22-25(32(22,5)6)24(21)29(40)35-23(17-20-11-12-20)26(38)28(34)39/h20-25,27H,1,8-18H2,2-7H3,(H2,34,39)(H,35,40)(H2,36,37,41)/t21?,22?,23?,24-,25-,27+/m0/s1. The first-order chi connectivity index (χ1) is 19.6. The number of amides is 4. The molecule has 4 amide bonds. The molecule has 4 aliphatic carbocycles. The van der Waals surface area contributed by atoms with Crippen LogP contribution in [0.4, 0.5) is 4.79 Å². The molecule has 0 aliphatic heterocycles. The smallest absolute Gasteiger partial charge is 0.315 e. The Labute approximate surface area is 256 Å². The maximum atomic E-state index is 14.0. The van der Waals surface area contributed by atoms with Gasteiger partial charge in [-0.3, -0.25) is 14.4 Å². The van der Waals surface area contributed by atoms with Gasteiger partial charge in [-0.2, -0.15) is 11.8 Å². The summed E-state index contributed by atoms with van der Waals surface area (Å²) >= 11 is 1.81. The molecule has 0 aromatic carbocycles. The number of hydrogen-bond acceptors (Lipinski definition) is 5. The number of thioether (sulfide) groups is 1. The molecule has 42 heavy (non-hydrogen) atoms. The third kappa shape index (κ3) is 7.19. The average molecular weight is 603 g/mol. The monoisotopic (exact) mass is 602 g/mol. The molecule has 3 unspecified atom stereocenters. The number of nitrogens with one attached hydrogen (secondary N) is 3. The number of fused-ring (bicyclic) bond motifs is 1. The lowest BCUT2D eigenvalue weighted by molar-refractivity contribution is -0.139. The van der Waals surface area contributed by atoms with Crippen molar-refractivity contribution in [1.82, 2.24) is 16.0 Å². The summed E-state index contributed by atoms with van der Waals surface area (Å²) < 4.78 is 0. The van der Waals surface area contributed by atoms with Crippen LogP contribution in [0.5, 0.6) is 0 Å². The van der Waals surface area contributed by atoms with Crippen LogP contribution in [0.15, 0.2) is 12.2 Å². The lowest BCUT2D eigenvalue weighted by Crippen LogP contribution is -2.58. The van der Waals surface area contributed by atoms with E-state index in [1.165, 1.54) is 6.42 Å². The Hall–Kier alpha value is -2.03. The van der Waals surface area contributed by atoms with E-state index in [1.807, 2.05) is 11.8 Å². The predicted molar refractivity (Wildman–Crippen MR) is 169 cm³/mol. The van der Waals surface area contributed by atoms with Crippen LogP contribution in [0.3, 0.4) is 0 Å². The fourth-order valence-corrected chi connectivity index (χ4v) is 8.75. The summed E-state index contributed by atoms with van der Waals surface area (Å²) in [4.78, 5) is 52.0. The van der Waals surface area contributed by atoms with Gasteiger partial charge < -0.3 is 21.7 Å². The number of ketones is 1. The molecule has 4 aliphatic rings. The number of urea groups is 1. The van der Waals surface area contributed by atoms with E-state index in [4.69, 9.17) is 5.73 Å². The van der Waals surface area contributed by atoms with Crippen molar-refractivity contribution in [2.24, 2.45) is 46.2 Å². The number of primary amides is 1. The number of Topliss-reactive ketones (excluding diaryl/α,β-unsaturated/α-hetero) is 1. The minimum Gasteiger partial charge on any atom is -0.363 e. The molecule has 0 bridgehead atoms. The summed E-state index contributed by atoms with van der Waals surface area (Å²) in [6, 6.07) is -1.39. The van der Waals surface area contributed by atoms with Gasteiger partial charge in [0.25, 0.3) is 5.91 Å². The van der Waals surface area contributed by atoms with E-state index in [1.54, 1.807) is 0 Å². The summed E-state index contributed by atoms with van der Waals surface area (Å²) in [7, 11) is 0. The Morgan fingerprint density at radius 2 is 1.69 bits per heavy atom. The zero-order valence-corrected chi connectivity index (χ0v) is 27.5. The first kappa shape index (κ1) is 32.9. The number of rotatable bonds is 13. The average Bonchev–Trinajstić information content (AvgIpc) is 3.76. The second-order valence-corrected chi connectivity index (χ2v) is 16.3. The second-order valence-electron chi connectivity index (χ2n) is 15.3. The molecule has 4 saturated carbocycles. The topological polar surface area (TPSA) is 130 Å². The zero-order chi connectivity index (χ0) is 31.0. The van der Waals surface area contributed by atoms with E-state index in [0.717, 1.165) is 62.7 Å². The van der Waals surface area contributed by atoms with E-state index in [0.29, 0.717) is 18.3 Å². The molecule has 9 heteroatoms. The lowest BCUT2D eigenvalue weighted by atomic mass is 9.72. The van der Waals surface area contributed by atoms with Gasteiger partial charge in [0, 0.05) is 11.5 Å². The van der Waals surface area contributed by atoms with Gasteiger partial charge in [-0.05, 0) is 78.6 Å². The number of nitrogens with two attached hydrogens (primary N) is 1. The van der Waals surface area contributed by atoms with Crippen LogP contribution in [0.25, 0.3) is 0 Å². The van der Waals surface area contributed by atoms with Crippen LogP contribution >= 0.6 is 11.8 Å². The van der Waals surface area contributed by atoms with E-state index in [2.05, 4.69) is 63.4 Å². The van der Waals surface area contributed by atoms with Crippen LogP contribution in [0.2, 0.25) is 0 Å². The molecular formula is C33H54N4O4S.